The molecule has 2 unspecified atom stereocenters. The fraction of sp³-hybridized carbons (Fsp3) is 1.00. The Labute approximate surface area is 111 Å². The summed E-state index contributed by atoms with van der Waals surface area (Å²) in [6.45, 7) is 3.31. The third-order valence-electron chi connectivity index (χ3n) is 3.57. The number of hydrogen-bond acceptors (Lipinski definition) is 4. The second-order valence-corrected chi connectivity index (χ2v) is 5.42. The molecule has 0 aromatic rings. The highest BCUT2D eigenvalue weighted by atomic mass is 16.5. The second-order valence-electron chi connectivity index (χ2n) is 5.42. The van der Waals surface area contributed by atoms with Gasteiger partial charge in [-0.05, 0) is 32.6 Å². The van der Waals surface area contributed by atoms with Crippen molar-refractivity contribution in [1.82, 2.24) is 5.32 Å². The molecule has 1 saturated carbocycles. The van der Waals surface area contributed by atoms with Crippen LogP contribution in [-0.4, -0.2) is 48.2 Å². The maximum atomic E-state index is 9.82. The third-order valence-corrected chi connectivity index (χ3v) is 3.57. The van der Waals surface area contributed by atoms with E-state index in [-0.39, 0.29) is 6.61 Å². The molecule has 1 aliphatic rings. The van der Waals surface area contributed by atoms with Crippen LogP contribution in [0.2, 0.25) is 0 Å². The summed E-state index contributed by atoms with van der Waals surface area (Å²) < 4.78 is 5.73. The fourth-order valence-electron chi connectivity index (χ4n) is 2.37. The summed E-state index contributed by atoms with van der Waals surface area (Å²) in [6, 6.07) is 0.335. The number of ether oxygens (including phenoxy) is 1. The molecule has 18 heavy (non-hydrogen) atoms. The van der Waals surface area contributed by atoms with Crippen LogP contribution < -0.4 is 5.32 Å². The monoisotopic (exact) mass is 259 g/mol. The molecule has 0 amide bonds. The SMILES string of the molecule is CC(CCCO)NCC(O)COC1CCCCC1. The van der Waals surface area contributed by atoms with Gasteiger partial charge in [-0.1, -0.05) is 19.3 Å². The van der Waals surface area contributed by atoms with Crippen molar-refractivity contribution in [2.75, 3.05) is 19.8 Å². The number of rotatable bonds is 9. The molecule has 0 aliphatic heterocycles. The molecule has 0 aromatic carbocycles. The Morgan fingerprint density at radius 3 is 2.67 bits per heavy atom. The lowest BCUT2D eigenvalue weighted by atomic mass is 9.98. The van der Waals surface area contributed by atoms with Crippen LogP contribution in [-0.2, 0) is 4.74 Å². The fourth-order valence-corrected chi connectivity index (χ4v) is 2.37. The van der Waals surface area contributed by atoms with Gasteiger partial charge in [0.15, 0.2) is 0 Å². The summed E-state index contributed by atoms with van der Waals surface area (Å²) in [5, 5.41) is 21.8. The Morgan fingerprint density at radius 2 is 2.00 bits per heavy atom. The standard InChI is InChI=1S/C14H29NO3/c1-12(6-5-9-16)15-10-13(17)11-18-14-7-3-2-4-8-14/h12-17H,2-11H2,1H3. The molecule has 2 atom stereocenters. The van der Waals surface area contributed by atoms with Gasteiger partial charge >= 0.3 is 0 Å². The topological polar surface area (TPSA) is 61.7 Å². The van der Waals surface area contributed by atoms with Crippen LogP contribution in [0.15, 0.2) is 0 Å². The minimum absolute atomic E-state index is 0.235. The average molecular weight is 259 g/mol. The van der Waals surface area contributed by atoms with E-state index < -0.39 is 6.10 Å². The van der Waals surface area contributed by atoms with Crippen LogP contribution >= 0.6 is 0 Å². The van der Waals surface area contributed by atoms with Crippen molar-refractivity contribution in [3.05, 3.63) is 0 Å². The van der Waals surface area contributed by atoms with Gasteiger partial charge < -0.3 is 20.3 Å². The zero-order valence-electron chi connectivity index (χ0n) is 11.6. The van der Waals surface area contributed by atoms with E-state index >= 15 is 0 Å². The molecule has 0 heterocycles. The first kappa shape index (κ1) is 15.9. The molecule has 4 nitrogen and oxygen atoms in total. The number of aliphatic hydroxyl groups excluding tert-OH is 2. The smallest absolute Gasteiger partial charge is 0.0897 e. The van der Waals surface area contributed by atoms with E-state index in [0.29, 0.717) is 25.3 Å². The highest BCUT2D eigenvalue weighted by Crippen LogP contribution is 2.20. The van der Waals surface area contributed by atoms with Gasteiger partial charge in [0.2, 0.25) is 0 Å². The van der Waals surface area contributed by atoms with Gasteiger partial charge in [-0.15, -0.1) is 0 Å². The van der Waals surface area contributed by atoms with Crippen LogP contribution in [0, 0.1) is 0 Å². The lowest BCUT2D eigenvalue weighted by Crippen LogP contribution is -2.37. The van der Waals surface area contributed by atoms with Crippen LogP contribution in [0.25, 0.3) is 0 Å². The Balaban J connectivity index is 2.00. The quantitative estimate of drug-likeness (QED) is 0.586. The zero-order valence-corrected chi connectivity index (χ0v) is 11.6. The first-order valence-electron chi connectivity index (χ1n) is 7.36. The van der Waals surface area contributed by atoms with E-state index in [2.05, 4.69) is 12.2 Å². The Hall–Kier alpha value is -0.160. The number of hydrogen-bond donors (Lipinski definition) is 3. The summed E-state index contributed by atoms with van der Waals surface area (Å²) in [5.41, 5.74) is 0. The molecular formula is C14H29NO3. The number of aliphatic hydroxyl groups is 2. The lowest BCUT2D eigenvalue weighted by Gasteiger charge is -2.24. The Kier molecular flexibility index (Phi) is 8.59. The van der Waals surface area contributed by atoms with Gasteiger partial charge in [-0.2, -0.15) is 0 Å². The highest BCUT2D eigenvalue weighted by Gasteiger charge is 2.15. The third kappa shape index (κ3) is 7.31. The van der Waals surface area contributed by atoms with Crippen LogP contribution in [0.3, 0.4) is 0 Å². The Bertz CT molecular complexity index is 195. The molecule has 3 N–H and O–H groups in total. The van der Waals surface area contributed by atoms with E-state index in [9.17, 15) is 5.11 Å². The van der Waals surface area contributed by atoms with Crippen molar-refractivity contribution in [1.29, 1.82) is 0 Å². The van der Waals surface area contributed by atoms with Crippen LogP contribution in [0.5, 0.6) is 0 Å². The van der Waals surface area contributed by atoms with Crippen LogP contribution in [0.1, 0.15) is 51.9 Å². The summed E-state index contributed by atoms with van der Waals surface area (Å²) in [4.78, 5) is 0. The molecule has 0 saturated heterocycles. The van der Waals surface area contributed by atoms with Crippen molar-refractivity contribution < 1.29 is 14.9 Å². The lowest BCUT2D eigenvalue weighted by molar-refractivity contribution is -0.0235. The van der Waals surface area contributed by atoms with Gasteiger partial charge in [-0.3, -0.25) is 0 Å². The first-order chi connectivity index (χ1) is 8.72. The van der Waals surface area contributed by atoms with Crippen molar-refractivity contribution in [2.24, 2.45) is 0 Å². The molecule has 4 heteroatoms. The molecule has 1 rings (SSSR count). The number of nitrogens with one attached hydrogen (secondary N) is 1. The minimum atomic E-state index is -0.427. The Morgan fingerprint density at radius 1 is 1.28 bits per heavy atom. The summed E-state index contributed by atoms with van der Waals surface area (Å²) in [5.74, 6) is 0. The van der Waals surface area contributed by atoms with E-state index in [0.717, 1.165) is 25.7 Å². The minimum Gasteiger partial charge on any atom is -0.396 e. The molecule has 1 fully saturated rings. The molecule has 0 radical (unpaired) electrons. The molecule has 0 bridgehead atoms. The predicted octanol–water partition coefficient (Wildman–Crippen LogP) is 1.45. The molecule has 0 spiro atoms. The normalized spacial score (nSPS) is 20.8. The van der Waals surface area contributed by atoms with Crippen LogP contribution in [0.4, 0.5) is 0 Å². The zero-order chi connectivity index (χ0) is 13.2. The van der Waals surface area contributed by atoms with Crippen molar-refractivity contribution in [2.45, 2.75) is 70.1 Å². The maximum Gasteiger partial charge on any atom is 0.0897 e. The molecule has 0 aromatic heterocycles. The van der Waals surface area contributed by atoms with Gasteiger partial charge in [0, 0.05) is 19.2 Å². The summed E-state index contributed by atoms with van der Waals surface area (Å²) in [7, 11) is 0. The van der Waals surface area contributed by atoms with E-state index in [1.807, 2.05) is 0 Å². The van der Waals surface area contributed by atoms with E-state index in [1.54, 1.807) is 0 Å². The predicted molar refractivity (Wildman–Crippen MR) is 72.6 cm³/mol. The van der Waals surface area contributed by atoms with Gasteiger partial charge in [0.25, 0.3) is 0 Å². The maximum absolute atomic E-state index is 9.82. The average Bonchev–Trinajstić information content (AvgIpc) is 2.41. The van der Waals surface area contributed by atoms with Crippen molar-refractivity contribution in [3.8, 4) is 0 Å². The van der Waals surface area contributed by atoms with E-state index in [1.165, 1.54) is 19.3 Å². The highest BCUT2D eigenvalue weighted by molar-refractivity contribution is 4.68. The molecule has 108 valence electrons. The first-order valence-corrected chi connectivity index (χ1v) is 7.36. The van der Waals surface area contributed by atoms with E-state index in [4.69, 9.17) is 9.84 Å². The van der Waals surface area contributed by atoms with Gasteiger partial charge in [-0.25, -0.2) is 0 Å². The van der Waals surface area contributed by atoms with Crippen molar-refractivity contribution in [3.63, 3.8) is 0 Å². The second kappa shape index (κ2) is 9.73. The largest absolute Gasteiger partial charge is 0.396 e. The van der Waals surface area contributed by atoms with Gasteiger partial charge in [0.1, 0.15) is 0 Å². The van der Waals surface area contributed by atoms with Gasteiger partial charge in [0.05, 0.1) is 18.8 Å². The summed E-state index contributed by atoms with van der Waals surface area (Å²) in [6.07, 6.45) is 7.82. The molecule has 1 aliphatic carbocycles. The summed E-state index contributed by atoms with van der Waals surface area (Å²) >= 11 is 0. The van der Waals surface area contributed by atoms with Crippen molar-refractivity contribution >= 4 is 0 Å². The molecular weight excluding hydrogens is 230 g/mol.